The Morgan fingerprint density at radius 3 is 2.68 bits per heavy atom. The first-order valence-electron chi connectivity index (χ1n) is 6.38. The van der Waals surface area contributed by atoms with Gasteiger partial charge in [0.1, 0.15) is 0 Å². The zero-order valence-corrected chi connectivity index (χ0v) is 13.3. The molecule has 2 rings (SSSR count). The molecule has 0 atom stereocenters. The van der Waals surface area contributed by atoms with E-state index < -0.39 is 5.97 Å². The van der Waals surface area contributed by atoms with Crippen molar-refractivity contribution in [1.82, 2.24) is 0 Å². The maximum Gasteiger partial charge on any atom is 0.336 e. The molecule has 104 valence electrons. The number of thioether (sulfide) groups is 1. The van der Waals surface area contributed by atoms with Crippen molar-refractivity contribution in [2.75, 3.05) is 18.1 Å². The van der Waals surface area contributed by atoms with Gasteiger partial charge in [-0.25, -0.2) is 4.79 Å². The predicted molar refractivity (Wildman–Crippen MR) is 84.3 cm³/mol. The molecule has 19 heavy (non-hydrogen) atoms. The van der Waals surface area contributed by atoms with Crippen molar-refractivity contribution in [3.05, 3.63) is 28.2 Å². The summed E-state index contributed by atoms with van der Waals surface area (Å²) >= 11 is 5.25. The smallest absolute Gasteiger partial charge is 0.336 e. The van der Waals surface area contributed by atoms with E-state index in [2.05, 4.69) is 27.5 Å². The summed E-state index contributed by atoms with van der Waals surface area (Å²) in [6.45, 7) is 0.938. The van der Waals surface area contributed by atoms with Gasteiger partial charge in [0.2, 0.25) is 0 Å². The van der Waals surface area contributed by atoms with Gasteiger partial charge >= 0.3 is 5.97 Å². The molecule has 1 fully saturated rings. The second-order valence-corrected chi connectivity index (χ2v) is 7.08. The van der Waals surface area contributed by atoms with E-state index in [4.69, 9.17) is 5.11 Å². The highest BCUT2D eigenvalue weighted by Gasteiger charge is 2.32. The molecule has 1 saturated carbocycles. The largest absolute Gasteiger partial charge is 0.478 e. The Bertz CT molecular complexity index is 473. The van der Waals surface area contributed by atoms with Crippen molar-refractivity contribution in [1.29, 1.82) is 0 Å². The molecule has 3 nitrogen and oxygen atoms in total. The minimum absolute atomic E-state index is 0.297. The highest BCUT2D eigenvalue weighted by atomic mass is 79.9. The molecule has 1 aliphatic rings. The van der Waals surface area contributed by atoms with E-state index in [0.717, 1.165) is 12.2 Å². The number of nitrogens with one attached hydrogen (secondary N) is 1. The molecule has 0 aromatic heterocycles. The fourth-order valence-electron chi connectivity index (χ4n) is 2.53. The number of hydrogen-bond acceptors (Lipinski definition) is 3. The molecule has 0 aliphatic heterocycles. The predicted octanol–water partition coefficient (Wildman–Crippen LogP) is 4.24. The molecule has 1 aromatic carbocycles. The topological polar surface area (TPSA) is 49.3 Å². The highest BCUT2D eigenvalue weighted by molar-refractivity contribution is 9.10. The molecule has 1 aliphatic carbocycles. The van der Waals surface area contributed by atoms with Gasteiger partial charge in [0.05, 0.1) is 5.56 Å². The Balaban J connectivity index is 2.03. The summed E-state index contributed by atoms with van der Waals surface area (Å²) in [5.74, 6) is -0.908. The van der Waals surface area contributed by atoms with E-state index in [-0.39, 0.29) is 0 Å². The molecule has 0 unspecified atom stereocenters. The lowest BCUT2D eigenvalue weighted by Gasteiger charge is -2.27. The fourth-order valence-corrected chi connectivity index (χ4v) is 4.00. The van der Waals surface area contributed by atoms with Gasteiger partial charge in [0.15, 0.2) is 0 Å². The van der Waals surface area contributed by atoms with Crippen LogP contribution in [0.5, 0.6) is 0 Å². The van der Waals surface area contributed by atoms with Crippen LogP contribution < -0.4 is 5.32 Å². The number of halogens is 1. The molecule has 0 bridgehead atoms. The van der Waals surface area contributed by atoms with E-state index in [0.29, 0.717) is 14.8 Å². The number of carbonyl (C=O) groups is 1. The first kappa shape index (κ1) is 14.7. The summed E-state index contributed by atoms with van der Waals surface area (Å²) < 4.78 is 0.965. The van der Waals surface area contributed by atoms with Gasteiger partial charge in [-0.3, -0.25) is 0 Å². The van der Waals surface area contributed by atoms with Gasteiger partial charge in [-0.05, 0) is 53.2 Å². The van der Waals surface area contributed by atoms with Gasteiger partial charge in [0.25, 0.3) is 0 Å². The normalized spacial score (nSPS) is 17.4. The van der Waals surface area contributed by atoms with Crippen LogP contribution >= 0.6 is 27.7 Å². The summed E-state index contributed by atoms with van der Waals surface area (Å²) in [5, 5.41) is 12.4. The Morgan fingerprint density at radius 2 is 2.16 bits per heavy atom. The summed E-state index contributed by atoms with van der Waals surface area (Å²) in [7, 11) is 0. The third kappa shape index (κ3) is 3.45. The third-order valence-corrected chi connectivity index (χ3v) is 5.84. The lowest BCUT2D eigenvalue weighted by Crippen LogP contribution is -2.30. The first-order chi connectivity index (χ1) is 9.06. The molecule has 1 aromatic rings. The summed E-state index contributed by atoms with van der Waals surface area (Å²) in [5.41, 5.74) is 1.27. The minimum atomic E-state index is -0.908. The monoisotopic (exact) mass is 343 g/mol. The van der Waals surface area contributed by atoms with Crippen LogP contribution in [0.3, 0.4) is 0 Å². The van der Waals surface area contributed by atoms with Crippen LogP contribution in [0.1, 0.15) is 36.0 Å². The van der Waals surface area contributed by atoms with Crippen LogP contribution in [0.15, 0.2) is 22.7 Å². The second kappa shape index (κ2) is 6.18. The van der Waals surface area contributed by atoms with E-state index in [1.807, 2.05) is 23.9 Å². The average Bonchev–Trinajstić information content (AvgIpc) is 2.85. The number of anilines is 1. The van der Waals surface area contributed by atoms with Crippen molar-refractivity contribution in [3.8, 4) is 0 Å². The van der Waals surface area contributed by atoms with Crippen molar-refractivity contribution in [2.45, 2.75) is 30.4 Å². The van der Waals surface area contributed by atoms with Gasteiger partial charge in [-0.2, -0.15) is 11.8 Å². The number of benzene rings is 1. The molecular weight excluding hydrogens is 326 g/mol. The number of hydrogen-bond donors (Lipinski definition) is 2. The second-order valence-electron chi connectivity index (χ2n) is 4.95. The lowest BCUT2D eigenvalue weighted by molar-refractivity contribution is 0.0696. The van der Waals surface area contributed by atoms with Gasteiger partial charge in [0, 0.05) is 21.5 Å². The van der Waals surface area contributed by atoms with E-state index in [1.54, 1.807) is 6.07 Å². The van der Waals surface area contributed by atoms with Crippen molar-refractivity contribution in [3.63, 3.8) is 0 Å². The van der Waals surface area contributed by atoms with Gasteiger partial charge in [-0.15, -0.1) is 0 Å². The van der Waals surface area contributed by atoms with Crippen molar-refractivity contribution in [2.24, 2.45) is 0 Å². The lowest BCUT2D eigenvalue weighted by atomic mass is 10.1. The van der Waals surface area contributed by atoms with E-state index in [1.165, 1.54) is 25.7 Å². The summed E-state index contributed by atoms with van der Waals surface area (Å²) in [6, 6.07) is 5.30. The zero-order valence-electron chi connectivity index (χ0n) is 10.9. The molecular formula is C14H18BrNO2S. The van der Waals surface area contributed by atoms with Crippen LogP contribution in [0.4, 0.5) is 5.69 Å². The zero-order chi connectivity index (χ0) is 13.9. The number of rotatable bonds is 5. The third-order valence-electron chi connectivity index (χ3n) is 3.76. The number of carboxylic acid groups (broad SMARTS) is 1. The highest BCUT2D eigenvalue weighted by Crippen LogP contribution is 2.40. The summed E-state index contributed by atoms with van der Waals surface area (Å²) in [6.07, 6.45) is 7.32. The van der Waals surface area contributed by atoms with Crippen LogP contribution in [0.2, 0.25) is 0 Å². The van der Waals surface area contributed by atoms with Crippen molar-refractivity contribution < 1.29 is 9.90 Å². The number of aromatic carboxylic acids is 1. The Hall–Kier alpha value is -0.680. The van der Waals surface area contributed by atoms with Gasteiger partial charge in [-0.1, -0.05) is 12.8 Å². The maximum atomic E-state index is 10.9. The number of carboxylic acids is 1. The fraction of sp³-hybridized carbons (Fsp3) is 0.500. The van der Waals surface area contributed by atoms with Crippen LogP contribution in [0, 0.1) is 0 Å². The first-order valence-corrected chi connectivity index (χ1v) is 8.40. The van der Waals surface area contributed by atoms with Crippen LogP contribution in [0.25, 0.3) is 0 Å². The molecule has 0 radical (unpaired) electrons. The molecule has 0 amide bonds. The molecule has 0 spiro atoms. The van der Waals surface area contributed by atoms with E-state index >= 15 is 0 Å². The van der Waals surface area contributed by atoms with Crippen LogP contribution in [-0.2, 0) is 0 Å². The SMILES string of the molecule is CSC1(CNc2ccc(C(=O)O)c(Br)c2)CCCC1. The Labute approximate surface area is 126 Å². The minimum Gasteiger partial charge on any atom is -0.478 e. The quantitative estimate of drug-likeness (QED) is 0.839. The van der Waals surface area contributed by atoms with E-state index in [9.17, 15) is 4.79 Å². The molecule has 0 heterocycles. The average molecular weight is 344 g/mol. The maximum absolute atomic E-state index is 10.9. The van der Waals surface area contributed by atoms with Crippen LogP contribution in [-0.4, -0.2) is 28.6 Å². The molecule has 5 heteroatoms. The van der Waals surface area contributed by atoms with Gasteiger partial charge < -0.3 is 10.4 Å². The molecule has 0 saturated heterocycles. The Morgan fingerprint density at radius 1 is 1.47 bits per heavy atom. The Kier molecular flexibility index (Phi) is 4.79. The standard InChI is InChI=1S/C14H18BrNO2S/c1-19-14(6-2-3-7-14)9-16-10-4-5-11(13(17)18)12(15)8-10/h4-5,8,16H,2-3,6-7,9H2,1H3,(H,17,18). The summed E-state index contributed by atoms with van der Waals surface area (Å²) in [4.78, 5) is 10.9. The van der Waals surface area contributed by atoms with Crippen molar-refractivity contribution >= 4 is 39.3 Å². The molecule has 2 N–H and O–H groups in total.